The first-order chi connectivity index (χ1) is 13.3. The number of nitrogens with two attached hydrogens (primary N) is 2. The van der Waals surface area contributed by atoms with Crippen LogP contribution in [0.4, 0.5) is 0 Å². The number of hydrogen-bond donors (Lipinski definition) is 2. The second-order valence-corrected chi connectivity index (χ2v) is 10.4. The number of nitriles is 1. The van der Waals surface area contributed by atoms with Crippen LogP contribution >= 0.6 is 0 Å². The van der Waals surface area contributed by atoms with E-state index in [1.165, 1.54) is 0 Å². The van der Waals surface area contributed by atoms with Gasteiger partial charge < -0.3 is 21.1 Å². The van der Waals surface area contributed by atoms with E-state index < -0.39 is 17.7 Å². The minimum Gasteiger partial charge on any atom is -0.458 e. The van der Waals surface area contributed by atoms with E-state index in [4.69, 9.17) is 16.2 Å². The molecule has 28 heavy (non-hydrogen) atoms. The van der Waals surface area contributed by atoms with Crippen LogP contribution in [0.15, 0.2) is 0 Å². The Labute approximate surface area is 165 Å². The molecular weight excluding hydrogens is 356 g/mol. The highest BCUT2D eigenvalue weighted by atomic mass is 16.6. The third kappa shape index (κ3) is 2.61. The molecule has 7 heteroatoms. The van der Waals surface area contributed by atoms with Crippen LogP contribution in [-0.2, 0) is 14.3 Å². The molecule has 4 bridgehead atoms. The highest BCUT2D eigenvalue weighted by Crippen LogP contribution is 2.64. The SMILES string of the molecule is C[C@@H](N)C(=O)OC12CC3CC(C1)CC([C@H](N)C(=O)N1[C@H](C#N)C[C@@H]4C[C@@H]41)(C3)C2. The van der Waals surface area contributed by atoms with Crippen LogP contribution in [0.2, 0.25) is 0 Å². The van der Waals surface area contributed by atoms with Crippen molar-refractivity contribution in [3.8, 4) is 6.07 Å². The van der Waals surface area contributed by atoms with Gasteiger partial charge in [-0.1, -0.05) is 0 Å². The zero-order valence-corrected chi connectivity index (χ0v) is 16.5. The summed E-state index contributed by atoms with van der Waals surface area (Å²) in [5, 5.41) is 9.48. The number of piperidine rings is 1. The molecule has 2 unspecified atom stereocenters. The fraction of sp³-hybridized carbons (Fsp3) is 0.857. The Balaban J connectivity index is 1.40. The molecule has 0 spiro atoms. The molecule has 5 aliphatic carbocycles. The average molecular weight is 386 g/mol. The van der Waals surface area contributed by atoms with Gasteiger partial charge in [0.25, 0.3) is 0 Å². The van der Waals surface area contributed by atoms with Crippen LogP contribution in [0.1, 0.15) is 58.3 Å². The van der Waals surface area contributed by atoms with Gasteiger partial charge in [-0.3, -0.25) is 9.59 Å². The molecule has 0 aromatic heterocycles. The van der Waals surface area contributed by atoms with E-state index >= 15 is 0 Å². The first-order valence-electron chi connectivity index (χ1n) is 10.7. The number of ether oxygens (including phenoxy) is 1. The van der Waals surface area contributed by atoms with Gasteiger partial charge in [-0.25, -0.2) is 0 Å². The van der Waals surface area contributed by atoms with Crippen LogP contribution in [0, 0.1) is 34.5 Å². The number of amides is 1. The molecule has 0 aromatic carbocycles. The monoisotopic (exact) mass is 386 g/mol. The van der Waals surface area contributed by atoms with E-state index in [0.29, 0.717) is 24.2 Å². The zero-order chi connectivity index (χ0) is 19.8. The molecule has 1 aliphatic heterocycles. The van der Waals surface area contributed by atoms with E-state index in [-0.39, 0.29) is 29.4 Å². The summed E-state index contributed by atoms with van der Waals surface area (Å²) in [6.45, 7) is 1.65. The number of carbonyl (C=O) groups excluding carboxylic acids is 2. The summed E-state index contributed by atoms with van der Waals surface area (Å²) >= 11 is 0. The van der Waals surface area contributed by atoms with Gasteiger partial charge in [0.1, 0.15) is 17.7 Å². The van der Waals surface area contributed by atoms with E-state index in [9.17, 15) is 14.9 Å². The molecule has 1 amide bonds. The van der Waals surface area contributed by atoms with Crippen LogP contribution in [0.3, 0.4) is 0 Å². The Hall–Kier alpha value is -1.65. The van der Waals surface area contributed by atoms with Crippen molar-refractivity contribution in [3.05, 3.63) is 0 Å². The molecule has 7 atom stereocenters. The van der Waals surface area contributed by atoms with Crippen LogP contribution < -0.4 is 11.5 Å². The first-order valence-corrected chi connectivity index (χ1v) is 10.7. The Morgan fingerprint density at radius 3 is 2.43 bits per heavy atom. The van der Waals surface area contributed by atoms with Crippen LogP contribution in [-0.4, -0.2) is 46.5 Å². The predicted octanol–water partition coefficient (Wildman–Crippen LogP) is 1.06. The molecule has 152 valence electrons. The lowest BCUT2D eigenvalue weighted by atomic mass is 9.46. The normalized spacial score (nSPS) is 47.2. The van der Waals surface area contributed by atoms with Gasteiger partial charge in [-0.2, -0.15) is 5.26 Å². The number of likely N-dealkylation sites (tertiary alicyclic amines) is 1. The molecule has 1 heterocycles. The molecule has 0 radical (unpaired) electrons. The maximum Gasteiger partial charge on any atom is 0.323 e. The van der Waals surface area contributed by atoms with Gasteiger partial charge in [0.15, 0.2) is 0 Å². The summed E-state index contributed by atoms with van der Waals surface area (Å²) < 4.78 is 5.97. The number of nitrogens with zero attached hydrogens (tertiary/aromatic N) is 2. The Kier molecular flexibility index (Phi) is 3.89. The predicted molar refractivity (Wildman–Crippen MR) is 100 cm³/mol. The van der Waals surface area contributed by atoms with E-state index in [2.05, 4.69) is 6.07 Å². The molecule has 7 nitrogen and oxygen atoms in total. The highest BCUT2D eigenvalue weighted by Gasteiger charge is 2.64. The van der Waals surface area contributed by atoms with Crippen molar-refractivity contribution in [2.45, 2.75) is 88.1 Å². The van der Waals surface area contributed by atoms with Crippen LogP contribution in [0.5, 0.6) is 0 Å². The number of rotatable bonds is 4. The number of fused-ring (bicyclic) bond motifs is 1. The minimum atomic E-state index is -0.646. The quantitative estimate of drug-likeness (QED) is 0.697. The summed E-state index contributed by atoms with van der Waals surface area (Å²) in [6.07, 6.45) is 7.14. The maximum absolute atomic E-state index is 13.4. The fourth-order valence-electron chi connectivity index (χ4n) is 7.35. The van der Waals surface area contributed by atoms with Crippen molar-refractivity contribution in [1.29, 1.82) is 5.26 Å². The second kappa shape index (κ2) is 5.93. The lowest BCUT2D eigenvalue weighted by Crippen LogP contribution is -2.66. The standard InChI is InChI=1S/C21H30N4O3/c1-11(23)19(27)28-21-7-12-2-13(8-21)6-20(5-12,10-21)17(24)18(26)25-15(9-22)3-14-4-16(14)25/h11-17H,2-8,10,23-24H2,1H3/t11-,12?,13?,14-,15+,16+,17-,20?,21?/m1/s1. The molecule has 5 saturated carbocycles. The van der Waals surface area contributed by atoms with E-state index in [0.717, 1.165) is 44.9 Å². The lowest BCUT2D eigenvalue weighted by Gasteiger charge is -2.62. The van der Waals surface area contributed by atoms with E-state index in [1.807, 2.05) is 0 Å². The maximum atomic E-state index is 13.4. The van der Waals surface area contributed by atoms with Gasteiger partial charge >= 0.3 is 5.97 Å². The Morgan fingerprint density at radius 1 is 1.14 bits per heavy atom. The molecule has 1 saturated heterocycles. The van der Waals surface area contributed by atoms with Gasteiger partial charge in [0.2, 0.25) is 5.91 Å². The Morgan fingerprint density at radius 2 is 1.82 bits per heavy atom. The Bertz CT molecular complexity index is 745. The van der Waals surface area contributed by atoms with Gasteiger partial charge in [0.05, 0.1) is 12.1 Å². The molecular formula is C21H30N4O3. The highest BCUT2D eigenvalue weighted by molar-refractivity contribution is 5.84. The number of hydrogen-bond acceptors (Lipinski definition) is 6. The van der Waals surface area contributed by atoms with Crippen molar-refractivity contribution in [2.75, 3.05) is 0 Å². The summed E-state index contributed by atoms with van der Waals surface area (Å²) in [7, 11) is 0. The molecule has 6 fully saturated rings. The van der Waals surface area contributed by atoms with Gasteiger partial charge in [-0.15, -0.1) is 0 Å². The topological polar surface area (TPSA) is 122 Å². The van der Waals surface area contributed by atoms with Crippen molar-refractivity contribution in [3.63, 3.8) is 0 Å². The van der Waals surface area contributed by atoms with Crippen LogP contribution in [0.25, 0.3) is 0 Å². The summed E-state index contributed by atoms with van der Waals surface area (Å²) in [6, 6.07) is 0.905. The van der Waals surface area contributed by atoms with Gasteiger partial charge in [0, 0.05) is 6.04 Å². The molecule has 6 aliphatic rings. The fourth-order valence-corrected chi connectivity index (χ4v) is 7.35. The second-order valence-electron chi connectivity index (χ2n) is 10.4. The van der Waals surface area contributed by atoms with Crippen molar-refractivity contribution in [2.24, 2.45) is 34.6 Å². The van der Waals surface area contributed by atoms with Crippen molar-refractivity contribution >= 4 is 11.9 Å². The number of esters is 1. The molecule has 4 N–H and O–H groups in total. The van der Waals surface area contributed by atoms with E-state index in [1.54, 1.807) is 11.8 Å². The lowest BCUT2D eigenvalue weighted by molar-refractivity contribution is -0.206. The third-order valence-corrected chi connectivity index (χ3v) is 8.18. The summed E-state index contributed by atoms with van der Waals surface area (Å²) in [5.74, 6) is 0.949. The number of carbonyl (C=O) groups is 2. The molecule has 0 aromatic rings. The van der Waals surface area contributed by atoms with Crippen molar-refractivity contribution < 1.29 is 14.3 Å². The average Bonchev–Trinajstić information content (AvgIpc) is 3.28. The van der Waals surface area contributed by atoms with Gasteiger partial charge in [-0.05, 0) is 81.5 Å². The smallest absolute Gasteiger partial charge is 0.323 e. The molecule has 6 rings (SSSR count). The minimum absolute atomic E-state index is 0.0628. The summed E-state index contributed by atoms with van der Waals surface area (Å²) in [5.41, 5.74) is 11.6. The largest absolute Gasteiger partial charge is 0.458 e. The first kappa shape index (κ1) is 18.4. The van der Waals surface area contributed by atoms with Crippen molar-refractivity contribution in [1.82, 2.24) is 4.90 Å². The zero-order valence-electron chi connectivity index (χ0n) is 16.5. The third-order valence-electron chi connectivity index (χ3n) is 8.18. The summed E-state index contributed by atoms with van der Waals surface area (Å²) in [4.78, 5) is 27.5.